The Kier molecular flexibility index (Phi) is 5.80. The summed E-state index contributed by atoms with van der Waals surface area (Å²) in [5.41, 5.74) is 1.42. The summed E-state index contributed by atoms with van der Waals surface area (Å²) in [6.07, 6.45) is 3.20. The SMILES string of the molecule is Nn1c(S[C@@H](C(=O)N2CCCCC2)c2ccccc2)nnc1-c1cccc(F)c1. The number of amides is 1. The molecule has 6 nitrogen and oxygen atoms in total. The summed E-state index contributed by atoms with van der Waals surface area (Å²) in [6, 6.07) is 15.7. The van der Waals surface area contributed by atoms with Crippen molar-refractivity contribution in [1.82, 2.24) is 19.8 Å². The third-order valence-electron chi connectivity index (χ3n) is 4.96. The van der Waals surface area contributed by atoms with Crippen molar-refractivity contribution >= 4 is 17.7 Å². The Morgan fingerprint density at radius 3 is 2.52 bits per heavy atom. The van der Waals surface area contributed by atoms with Crippen LogP contribution in [0.4, 0.5) is 4.39 Å². The maximum Gasteiger partial charge on any atom is 0.240 e. The first-order chi connectivity index (χ1) is 14.1. The number of hydrogen-bond acceptors (Lipinski definition) is 5. The smallest absolute Gasteiger partial charge is 0.240 e. The minimum Gasteiger partial charge on any atom is -0.341 e. The van der Waals surface area contributed by atoms with Crippen LogP contribution in [0.3, 0.4) is 0 Å². The normalized spacial score (nSPS) is 15.3. The van der Waals surface area contributed by atoms with E-state index in [1.165, 1.54) is 28.6 Å². The lowest BCUT2D eigenvalue weighted by atomic mass is 10.1. The van der Waals surface area contributed by atoms with Gasteiger partial charge in [-0.2, -0.15) is 0 Å². The molecule has 0 saturated carbocycles. The molecule has 4 rings (SSSR count). The number of carbonyl (C=O) groups excluding carboxylic acids is 1. The van der Waals surface area contributed by atoms with Gasteiger partial charge in [-0.15, -0.1) is 10.2 Å². The molecule has 0 bridgehead atoms. The molecule has 2 heterocycles. The van der Waals surface area contributed by atoms with Crippen LogP contribution in [0.1, 0.15) is 30.1 Å². The van der Waals surface area contributed by atoms with Crippen LogP contribution in [-0.4, -0.2) is 38.8 Å². The Morgan fingerprint density at radius 2 is 1.79 bits per heavy atom. The number of hydrogen-bond donors (Lipinski definition) is 1. The van der Waals surface area contributed by atoms with E-state index < -0.39 is 5.25 Å². The molecule has 1 amide bonds. The molecule has 1 aromatic heterocycles. The highest BCUT2D eigenvalue weighted by atomic mass is 32.2. The minimum absolute atomic E-state index is 0.0520. The Labute approximate surface area is 172 Å². The van der Waals surface area contributed by atoms with Crippen molar-refractivity contribution in [2.75, 3.05) is 18.9 Å². The van der Waals surface area contributed by atoms with E-state index in [0.29, 0.717) is 16.5 Å². The lowest BCUT2D eigenvalue weighted by Crippen LogP contribution is -2.38. The van der Waals surface area contributed by atoms with Gasteiger partial charge in [-0.05, 0) is 37.0 Å². The number of rotatable bonds is 5. The number of nitrogens with zero attached hydrogens (tertiary/aromatic N) is 4. The molecule has 0 unspecified atom stereocenters. The molecule has 1 atom stereocenters. The number of benzene rings is 2. The van der Waals surface area contributed by atoms with Crippen molar-refractivity contribution in [3.63, 3.8) is 0 Å². The number of nitrogen functional groups attached to an aromatic ring is 1. The molecule has 1 fully saturated rings. The van der Waals surface area contributed by atoms with Crippen LogP contribution in [0, 0.1) is 5.82 Å². The molecule has 1 aliphatic rings. The molecule has 0 radical (unpaired) electrons. The number of likely N-dealkylation sites (tertiary alicyclic amines) is 1. The van der Waals surface area contributed by atoms with Gasteiger partial charge >= 0.3 is 0 Å². The average Bonchev–Trinajstić information content (AvgIpc) is 3.13. The lowest BCUT2D eigenvalue weighted by molar-refractivity contribution is -0.131. The zero-order valence-electron chi connectivity index (χ0n) is 15.9. The second-order valence-electron chi connectivity index (χ2n) is 6.98. The first-order valence-electron chi connectivity index (χ1n) is 9.60. The van der Waals surface area contributed by atoms with Crippen LogP contribution in [0.25, 0.3) is 11.4 Å². The second-order valence-corrected chi connectivity index (χ2v) is 8.05. The lowest BCUT2D eigenvalue weighted by Gasteiger charge is -2.30. The van der Waals surface area contributed by atoms with Crippen LogP contribution < -0.4 is 5.84 Å². The number of piperidine rings is 1. The van der Waals surface area contributed by atoms with Crippen LogP contribution in [0.5, 0.6) is 0 Å². The zero-order valence-corrected chi connectivity index (χ0v) is 16.7. The van der Waals surface area contributed by atoms with Crippen molar-refractivity contribution in [3.8, 4) is 11.4 Å². The van der Waals surface area contributed by atoms with Crippen LogP contribution in [-0.2, 0) is 4.79 Å². The van der Waals surface area contributed by atoms with Crippen LogP contribution in [0.2, 0.25) is 0 Å². The molecule has 3 aromatic rings. The summed E-state index contributed by atoms with van der Waals surface area (Å²) in [4.78, 5) is 15.2. The van der Waals surface area contributed by atoms with Crippen molar-refractivity contribution in [2.45, 2.75) is 29.7 Å². The van der Waals surface area contributed by atoms with Crippen LogP contribution in [0.15, 0.2) is 59.8 Å². The van der Waals surface area contributed by atoms with E-state index >= 15 is 0 Å². The number of carbonyl (C=O) groups is 1. The average molecular weight is 412 g/mol. The van der Waals surface area contributed by atoms with E-state index in [1.54, 1.807) is 12.1 Å². The van der Waals surface area contributed by atoms with E-state index in [0.717, 1.165) is 37.9 Å². The van der Waals surface area contributed by atoms with E-state index in [4.69, 9.17) is 5.84 Å². The molecule has 29 heavy (non-hydrogen) atoms. The van der Waals surface area contributed by atoms with Gasteiger partial charge in [0.15, 0.2) is 5.82 Å². The van der Waals surface area contributed by atoms with Gasteiger partial charge in [0.2, 0.25) is 11.1 Å². The summed E-state index contributed by atoms with van der Waals surface area (Å²) in [5.74, 6) is 6.24. The van der Waals surface area contributed by atoms with Gasteiger partial charge in [-0.3, -0.25) is 4.79 Å². The molecule has 150 valence electrons. The predicted molar refractivity (Wildman–Crippen MR) is 111 cm³/mol. The highest BCUT2D eigenvalue weighted by molar-refractivity contribution is 8.00. The zero-order chi connectivity index (χ0) is 20.2. The van der Waals surface area contributed by atoms with Crippen LogP contribution >= 0.6 is 11.8 Å². The fourth-order valence-corrected chi connectivity index (χ4v) is 4.50. The monoisotopic (exact) mass is 411 g/mol. The van der Waals surface area contributed by atoms with Crippen molar-refractivity contribution in [1.29, 1.82) is 0 Å². The first-order valence-corrected chi connectivity index (χ1v) is 10.5. The predicted octanol–water partition coefficient (Wildman–Crippen LogP) is 3.64. The number of thioether (sulfide) groups is 1. The molecule has 1 aliphatic heterocycles. The first kappa shape index (κ1) is 19.4. The molecule has 0 aliphatic carbocycles. The van der Waals surface area contributed by atoms with Gasteiger partial charge in [0, 0.05) is 18.7 Å². The topological polar surface area (TPSA) is 77.0 Å². The van der Waals surface area contributed by atoms with Crippen molar-refractivity contribution < 1.29 is 9.18 Å². The second kappa shape index (κ2) is 8.65. The quantitative estimate of drug-likeness (QED) is 0.512. The van der Waals surface area contributed by atoms with Gasteiger partial charge in [0.1, 0.15) is 11.1 Å². The standard InChI is InChI=1S/C21H22FN5OS/c22-17-11-7-10-16(14-17)19-24-25-21(27(19)23)29-18(15-8-3-1-4-9-15)20(28)26-12-5-2-6-13-26/h1,3-4,7-11,14,18H,2,5-6,12-13,23H2/t18-/m1/s1. The molecule has 8 heteroatoms. The number of halogens is 1. The molecule has 1 saturated heterocycles. The highest BCUT2D eigenvalue weighted by Crippen LogP contribution is 2.37. The Morgan fingerprint density at radius 1 is 1.03 bits per heavy atom. The summed E-state index contributed by atoms with van der Waals surface area (Å²) in [7, 11) is 0. The molecular weight excluding hydrogens is 389 g/mol. The van der Waals surface area contributed by atoms with Gasteiger partial charge in [0.25, 0.3) is 0 Å². The largest absolute Gasteiger partial charge is 0.341 e. The molecular formula is C21H22FN5OS. The fourth-order valence-electron chi connectivity index (χ4n) is 3.46. The number of aromatic nitrogens is 3. The van der Waals surface area contributed by atoms with E-state index in [1.807, 2.05) is 35.2 Å². The third kappa shape index (κ3) is 4.27. The van der Waals surface area contributed by atoms with Gasteiger partial charge in [-0.1, -0.05) is 54.2 Å². The van der Waals surface area contributed by atoms with Gasteiger partial charge < -0.3 is 10.7 Å². The van der Waals surface area contributed by atoms with E-state index in [-0.39, 0.29) is 11.7 Å². The fraction of sp³-hybridized carbons (Fsp3) is 0.286. The minimum atomic E-state index is -0.471. The maximum absolute atomic E-state index is 13.6. The van der Waals surface area contributed by atoms with Gasteiger partial charge in [0.05, 0.1) is 0 Å². The van der Waals surface area contributed by atoms with E-state index in [9.17, 15) is 9.18 Å². The van der Waals surface area contributed by atoms with Gasteiger partial charge in [-0.25, -0.2) is 9.07 Å². The summed E-state index contributed by atoms with van der Waals surface area (Å²) >= 11 is 1.27. The summed E-state index contributed by atoms with van der Waals surface area (Å²) < 4.78 is 14.9. The molecule has 2 N–H and O–H groups in total. The Hall–Kier alpha value is -2.87. The summed E-state index contributed by atoms with van der Waals surface area (Å²) in [5, 5.41) is 8.23. The number of nitrogens with two attached hydrogens (primary N) is 1. The van der Waals surface area contributed by atoms with Crippen molar-refractivity contribution in [2.24, 2.45) is 0 Å². The van der Waals surface area contributed by atoms with E-state index in [2.05, 4.69) is 10.2 Å². The van der Waals surface area contributed by atoms with Crippen molar-refractivity contribution in [3.05, 3.63) is 66.0 Å². The molecule has 2 aromatic carbocycles. The Balaban J connectivity index is 1.64. The highest BCUT2D eigenvalue weighted by Gasteiger charge is 2.30. The maximum atomic E-state index is 13.6. The third-order valence-corrected chi connectivity index (χ3v) is 6.16. The Bertz CT molecular complexity index is 988. The summed E-state index contributed by atoms with van der Waals surface area (Å²) in [6.45, 7) is 1.54. The molecule has 0 spiro atoms.